The minimum atomic E-state index is 1.07. The Balaban J connectivity index is 0. The molecule has 0 radical (unpaired) electrons. The average molecular weight is 233 g/mol. The van der Waals surface area contributed by atoms with Crippen LogP contribution in [0.15, 0.2) is 36.4 Å². The zero-order chi connectivity index (χ0) is 13.7. The van der Waals surface area contributed by atoms with E-state index in [0.29, 0.717) is 0 Å². The molecule has 1 heteroatoms. The lowest BCUT2D eigenvalue weighted by Gasteiger charge is -1.95. The fourth-order valence-corrected chi connectivity index (χ4v) is 1.17. The number of fused-ring (bicyclic) bond motifs is 1. The molecular formula is C16H27N. The van der Waals surface area contributed by atoms with Crippen molar-refractivity contribution < 1.29 is 0 Å². The molecule has 0 N–H and O–H groups in total. The van der Waals surface area contributed by atoms with Gasteiger partial charge >= 0.3 is 0 Å². The molecule has 1 nitrogen and oxygen atoms in total. The van der Waals surface area contributed by atoms with Crippen LogP contribution >= 0.6 is 0 Å². The highest BCUT2D eigenvalue weighted by Gasteiger charge is 1.90. The van der Waals surface area contributed by atoms with Gasteiger partial charge in [-0.2, -0.15) is 0 Å². The van der Waals surface area contributed by atoms with Gasteiger partial charge in [-0.3, -0.25) is 4.98 Å². The van der Waals surface area contributed by atoms with E-state index in [2.05, 4.69) is 17.1 Å². The topological polar surface area (TPSA) is 12.9 Å². The fraction of sp³-hybridized carbons (Fsp3) is 0.438. The molecule has 2 aromatic rings. The Kier molecular flexibility index (Phi) is 13.5. The minimum absolute atomic E-state index is 1.07. The zero-order valence-corrected chi connectivity index (χ0v) is 12.4. The third-order valence-corrected chi connectivity index (χ3v) is 1.74. The van der Waals surface area contributed by atoms with E-state index in [4.69, 9.17) is 0 Å². The molecule has 96 valence electrons. The summed E-state index contributed by atoms with van der Waals surface area (Å²) in [6.07, 6.45) is 0. The van der Waals surface area contributed by atoms with Crippen molar-refractivity contribution in [2.45, 2.75) is 48.5 Å². The molecule has 1 aromatic carbocycles. The Hall–Kier alpha value is -1.37. The maximum absolute atomic E-state index is 4.38. The van der Waals surface area contributed by atoms with Gasteiger partial charge in [-0.25, -0.2) is 0 Å². The summed E-state index contributed by atoms with van der Waals surface area (Å²) in [6, 6.07) is 12.3. The quantitative estimate of drug-likeness (QED) is 0.575. The average Bonchev–Trinajstić information content (AvgIpc) is 2.45. The predicted octanol–water partition coefficient (Wildman–Crippen LogP) is 5.62. The second kappa shape index (κ2) is 12.7. The van der Waals surface area contributed by atoms with Crippen LogP contribution in [-0.4, -0.2) is 4.98 Å². The molecule has 0 aliphatic rings. The van der Waals surface area contributed by atoms with Crippen molar-refractivity contribution in [2.24, 2.45) is 0 Å². The molecule has 0 atom stereocenters. The Morgan fingerprint density at radius 1 is 0.706 bits per heavy atom. The highest BCUT2D eigenvalue weighted by Crippen LogP contribution is 2.10. The van der Waals surface area contributed by atoms with Crippen LogP contribution in [0.3, 0.4) is 0 Å². The molecule has 0 amide bonds. The van der Waals surface area contributed by atoms with Gasteiger partial charge < -0.3 is 0 Å². The standard InChI is InChI=1S/C10H9N.3C2H6/c1-8-6-7-9-4-2-3-5-10(9)11-8;3*1-2/h2-7H,1H3;3*1-2H3. The number of benzene rings is 1. The van der Waals surface area contributed by atoms with Gasteiger partial charge in [-0.05, 0) is 19.1 Å². The van der Waals surface area contributed by atoms with Crippen molar-refractivity contribution in [3.8, 4) is 0 Å². The SMILES string of the molecule is CC.CC.CC.Cc1ccc2ccccc2n1. The Morgan fingerprint density at radius 3 is 1.82 bits per heavy atom. The summed E-state index contributed by atoms with van der Waals surface area (Å²) in [7, 11) is 0. The van der Waals surface area contributed by atoms with Crippen LogP contribution in [-0.2, 0) is 0 Å². The molecule has 0 bridgehead atoms. The Morgan fingerprint density at radius 2 is 1.24 bits per heavy atom. The summed E-state index contributed by atoms with van der Waals surface area (Å²) in [6.45, 7) is 14.0. The van der Waals surface area contributed by atoms with Gasteiger partial charge in [0.2, 0.25) is 0 Å². The largest absolute Gasteiger partial charge is 0.253 e. The van der Waals surface area contributed by atoms with Gasteiger partial charge in [0.1, 0.15) is 0 Å². The molecule has 17 heavy (non-hydrogen) atoms. The third kappa shape index (κ3) is 6.72. The number of nitrogens with zero attached hydrogens (tertiary/aromatic N) is 1. The highest BCUT2D eigenvalue weighted by atomic mass is 14.7. The summed E-state index contributed by atoms with van der Waals surface area (Å²) < 4.78 is 0. The number of aryl methyl sites for hydroxylation is 1. The maximum atomic E-state index is 4.38. The lowest BCUT2D eigenvalue weighted by Crippen LogP contribution is -1.80. The molecule has 0 saturated carbocycles. The zero-order valence-electron chi connectivity index (χ0n) is 12.4. The minimum Gasteiger partial charge on any atom is -0.253 e. The first-order valence-electron chi connectivity index (χ1n) is 6.69. The van der Waals surface area contributed by atoms with E-state index in [0.717, 1.165) is 11.2 Å². The van der Waals surface area contributed by atoms with Crippen LogP contribution in [0.25, 0.3) is 10.9 Å². The van der Waals surface area contributed by atoms with Crippen LogP contribution in [0.1, 0.15) is 47.2 Å². The van der Waals surface area contributed by atoms with Crippen molar-refractivity contribution in [1.29, 1.82) is 0 Å². The summed E-state index contributed by atoms with van der Waals surface area (Å²) in [5.41, 5.74) is 2.15. The first-order valence-corrected chi connectivity index (χ1v) is 6.69. The van der Waals surface area contributed by atoms with Gasteiger partial charge in [0.15, 0.2) is 0 Å². The Labute approximate surface area is 107 Å². The smallest absolute Gasteiger partial charge is 0.0705 e. The number of hydrogen-bond acceptors (Lipinski definition) is 1. The predicted molar refractivity (Wildman–Crippen MR) is 80.5 cm³/mol. The summed E-state index contributed by atoms with van der Waals surface area (Å²) in [4.78, 5) is 4.38. The van der Waals surface area contributed by atoms with E-state index >= 15 is 0 Å². The molecule has 1 aromatic heterocycles. The van der Waals surface area contributed by atoms with Gasteiger partial charge in [0, 0.05) is 11.1 Å². The van der Waals surface area contributed by atoms with E-state index < -0.39 is 0 Å². The normalized spacial score (nSPS) is 7.71. The first-order chi connectivity index (χ1) is 8.36. The maximum Gasteiger partial charge on any atom is 0.0705 e. The highest BCUT2D eigenvalue weighted by molar-refractivity contribution is 5.78. The summed E-state index contributed by atoms with van der Waals surface area (Å²) >= 11 is 0. The number of pyridine rings is 1. The molecule has 1 heterocycles. The Bertz CT molecular complexity index is 380. The second-order valence-electron chi connectivity index (χ2n) is 2.65. The fourth-order valence-electron chi connectivity index (χ4n) is 1.17. The van der Waals surface area contributed by atoms with Crippen LogP contribution in [0.5, 0.6) is 0 Å². The van der Waals surface area contributed by atoms with E-state index in [9.17, 15) is 0 Å². The summed E-state index contributed by atoms with van der Waals surface area (Å²) in [5.74, 6) is 0. The lowest BCUT2D eigenvalue weighted by atomic mass is 10.2. The number of para-hydroxylation sites is 1. The molecule has 0 saturated heterocycles. The van der Waals surface area contributed by atoms with Crippen molar-refractivity contribution in [3.63, 3.8) is 0 Å². The summed E-state index contributed by atoms with van der Waals surface area (Å²) in [5, 5.41) is 1.21. The number of aromatic nitrogens is 1. The molecule has 0 aliphatic carbocycles. The van der Waals surface area contributed by atoms with Crippen molar-refractivity contribution in [2.75, 3.05) is 0 Å². The number of hydrogen-bond donors (Lipinski definition) is 0. The van der Waals surface area contributed by atoms with E-state index in [-0.39, 0.29) is 0 Å². The molecule has 0 unspecified atom stereocenters. The number of rotatable bonds is 0. The van der Waals surface area contributed by atoms with Gasteiger partial charge in [-0.1, -0.05) is 65.8 Å². The van der Waals surface area contributed by atoms with Crippen molar-refractivity contribution in [1.82, 2.24) is 4.98 Å². The van der Waals surface area contributed by atoms with Gasteiger partial charge in [0.05, 0.1) is 5.52 Å². The molecule has 0 spiro atoms. The van der Waals surface area contributed by atoms with Crippen LogP contribution in [0.4, 0.5) is 0 Å². The molecule has 0 fully saturated rings. The molecule has 0 aliphatic heterocycles. The second-order valence-corrected chi connectivity index (χ2v) is 2.65. The van der Waals surface area contributed by atoms with Crippen molar-refractivity contribution >= 4 is 10.9 Å². The monoisotopic (exact) mass is 233 g/mol. The van der Waals surface area contributed by atoms with Crippen LogP contribution in [0.2, 0.25) is 0 Å². The van der Waals surface area contributed by atoms with Gasteiger partial charge in [-0.15, -0.1) is 0 Å². The third-order valence-electron chi connectivity index (χ3n) is 1.74. The van der Waals surface area contributed by atoms with Crippen LogP contribution in [0, 0.1) is 6.92 Å². The van der Waals surface area contributed by atoms with Crippen molar-refractivity contribution in [3.05, 3.63) is 42.1 Å². The molecule has 2 rings (SSSR count). The molecular weight excluding hydrogens is 206 g/mol. The van der Waals surface area contributed by atoms with E-state index in [1.807, 2.05) is 72.7 Å². The van der Waals surface area contributed by atoms with Crippen LogP contribution < -0.4 is 0 Å². The lowest BCUT2D eigenvalue weighted by molar-refractivity contribution is 1.26. The first kappa shape index (κ1) is 18.0. The van der Waals surface area contributed by atoms with Gasteiger partial charge in [0.25, 0.3) is 0 Å². The van der Waals surface area contributed by atoms with E-state index in [1.54, 1.807) is 0 Å². The van der Waals surface area contributed by atoms with E-state index in [1.165, 1.54) is 5.39 Å².